The molecule has 1 aliphatic heterocycles. The molecule has 88 valence electrons. The molecule has 1 aromatic carbocycles. The molecule has 1 fully saturated rings. The van der Waals surface area contributed by atoms with Crippen LogP contribution in [0.2, 0.25) is 5.02 Å². The summed E-state index contributed by atoms with van der Waals surface area (Å²) in [5, 5.41) is 0.698. The Morgan fingerprint density at radius 2 is 1.94 bits per heavy atom. The zero-order valence-electron chi connectivity index (χ0n) is 9.49. The molecule has 0 aliphatic carbocycles. The van der Waals surface area contributed by atoms with E-state index < -0.39 is 0 Å². The molecule has 0 aromatic heterocycles. The molecule has 1 aromatic rings. The fraction of sp³-hybridized carbons (Fsp3) is 0.538. The Kier molecular flexibility index (Phi) is 4.49. The minimum absolute atomic E-state index is 0.698. The Labute approximate surface area is 102 Å². The second-order valence-corrected chi connectivity index (χ2v) is 4.59. The van der Waals surface area contributed by atoms with Gasteiger partial charge in [0, 0.05) is 6.54 Å². The van der Waals surface area contributed by atoms with Crippen LogP contribution < -0.4 is 4.74 Å². The van der Waals surface area contributed by atoms with E-state index in [1.807, 2.05) is 24.3 Å². The Hall–Kier alpha value is -0.730. The number of halogens is 1. The smallest absolute Gasteiger partial charge is 0.137 e. The SMILES string of the molecule is Clc1ccccc1OCCCN1CCCC1. The van der Waals surface area contributed by atoms with Crippen molar-refractivity contribution in [3.05, 3.63) is 29.3 Å². The van der Waals surface area contributed by atoms with Crippen LogP contribution in [0.1, 0.15) is 19.3 Å². The highest BCUT2D eigenvalue weighted by molar-refractivity contribution is 6.32. The van der Waals surface area contributed by atoms with E-state index in [0.29, 0.717) is 5.02 Å². The summed E-state index contributed by atoms with van der Waals surface area (Å²) in [4.78, 5) is 2.50. The van der Waals surface area contributed by atoms with Gasteiger partial charge in [-0.2, -0.15) is 0 Å². The van der Waals surface area contributed by atoms with Crippen LogP contribution in [-0.4, -0.2) is 31.1 Å². The minimum Gasteiger partial charge on any atom is -0.492 e. The molecule has 0 unspecified atom stereocenters. The molecule has 0 radical (unpaired) electrons. The van der Waals surface area contributed by atoms with Crippen LogP contribution >= 0.6 is 11.6 Å². The van der Waals surface area contributed by atoms with Crippen LogP contribution in [-0.2, 0) is 0 Å². The molecule has 2 nitrogen and oxygen atoms in total. The highest BCUT2D eigenvalue weighted by Gasteiger charge is 2.10. The van der Waals surface area contributed by atoms with Crippen molar-refractivity contribution in [1.29, 1.82) is 0 Å². The van der Waals surface area contributed by atoms with Crippen LogP contribution in [0.3, 0.4) is 0 Å². The molecule has 3 heteroatoms. The zero-order valence-corrected chi connectivity index (χ0v) is 10.2. The van der Waals surface area contributed by atoms with Crippen molar-refractivity contribution in [3.8, 4) is 5.75 Å². The topological polar surface area (TPSA) is 12.5 Å². The Bertz CT molecular complexity index is 323. The molecule has 0 amide bonds. The number of para-hydroxylation sites is 1. The first kappa shape index (κ1) is 11.7. The number of ether oxygens (including phenoxy) is 1. The van der Waals surface area contributed by atoms with Crippen molar-refractivity contribution in [2.45, 2.75) is 19.3 Å². The van der Waals surface area contributed by atoms with Gasteiger partial charge in [0.1, 0.15) is 5.75 Å². The largest absolute Gasteiger partial charge is 0.492 e. The Morgan fingerprint density at radius 1 is 1.19 bits per heavy atom. The lowest BCUT2D eigenvalue weighted by molar-refractivity contribution is 0.263. The summed E-state index contributed by atoms with van der Waals surface area (Å²) in [5.74, 6) is 0.797. The maximum atomic E-state index is 5.99. The summed E-state index contributed by atoms with van der Waals surface area (Å²) in [5.41, 5.74) is 0. The number of rotatable bonds is 5. The monoisotopic (exact) mass is 239 g/mol. The second kappa shape index (κ2) is 6.12. The molecular weight excluding hydrogens is 222 g/mol. The summed E-state index contributed by atoms with van der Waals surface area (Å²) >= 11 is 5.99. The highest BCUT2D eigenvalue weighted by atomic mass is 35.5. The van der Waals surface area contributed by atoms with Crippen LogP contribution in [0.4, 0.5) is 0 Å². The Balaban J connectivity index is 1.66. The van der Waals surface area contributed by atoms with Crippen LogP contribution in [0.25, 0.3) is 0 Å². The lowest BCUT2D eigenvalue weighted by Gasteiger charge is -2.14. The standard InChI is InChI=1S/C13H18ClNO/c14-12-6-1-2-7-13(12)16-11-5-10-15-8-3-4-9-15/h1-2,6-7H,3-5,8-11H2. The third kappa shape index (κ3) is 3.39. The number of nitrogens with zero attached hydrogens (tertiary/aromatic N) is 1. The van der Waals surface area contributed by atoms with Gasteiger partial charge < -0.3 is 9.64 Å². The molecule has 1 heterocycles. The second-order valence-electron chi connectivity index (χ2n) is 4.18. The lowest BCUT2D eigenvalue weighted by Crippen LogP contribution is -2.21. The minimum atomic E-state index is 0.698. The highest BCUT2D eigenvalue weighted by Crippen LogP contribution is 2.23. The van der Waals surface area contributed by atoms with Gasteiger partial charge in [-0.3, -0.25) is 0 Å². The van der Waals surface area contributed by atoms with Crippen LogP contribution in [0, 0.1) is 0 Å². The molecule has 1 saturated heterocycles. The summed E-state index contributed by atoms with van der Waals surface area (Å²) in [7, 11) is 0. The van der Waals surface area contributed by atoms with Crippen molar-refractivity contribution >= 4 is 11.6 Å². The fourth-order valence-corrected chi connectivity index (χ4v) is 2.23. The molecule has 16 heavy (non-hydrogen) atoms. The van der Waals surface area contributed by atoms with Gasteiger partial charge in [0.15, 0.2) is 0 Å². The number of benzene rings is 1. The average molecular weight is 240 g/mol. The van der Waals surface area contributed by atoms with Gasteiger partial charge in [0.25, 0.3) is 0 Å². The van der Waals surface area contributed by atoms with E-state index >= 15 is 0 Å². The lowest BCUT2D eigenvalue weighted by atomic mass is 10.3. The van der Waals surface area contributed by atoms with E-state index in [0.717, 1.165) is 25.3 Å². The van der Waals surface area contributed by atoms with Crippen molar-refractivity contribution in [2.75, 3.05) is 26.2 Å². The first-order valence-corrected chi connectivity index (χ1v) is 6.34. The van der Waals surface area contributed by atoms with Crippen molar-refractivity contribution in [1.82, 2.24) is 4.90 Å². The molecule has 0 spiro atoms. The number of likely N-dealkylation sites (tertiary alicyclic amines) is 1. The van der Waals surface area contributed by atoms with E-state index in [9.17, 15) is 0 Å². The Morgan fingerprint density at radius 3 is 2.69 bits per heavy atom. The predicted octanol–water partition coefficient (Wildman–Crippen LogP) is 3.20. The van der Waals surface area contributed by atoms with Gasteiger partial charge in [-0.15, -0.1) is 0 Å². The maximum Gasteiger partial charge on any atom is 0.137 e. The van der Waals surface area contributed by atoms with E-state index in [1.54, 1.807) is 0 Å². The first-order chi connectivity index (χ1) is 7.86. The summed E-state index contributed by atoms with van der Waals surface area (Å²) in [6.45, 7) is 4.41. The van der Waals surface area contributed by atoms with Crippen molar-refractivity contribution < 1.29 is 4.74 Å². The molecule has 0 bridgehead atoms. The fourth-order valence-electron chi connectivity index (χ4n) is 2.04. The molecular formula is C13H18ClNO. The summed E-state index contributed by atoms with van der Waals surface area (Å²) in [6, 6.07) is 7.64. The summed E-state index contributed by atoms with van der Waals surface area (Å²) in [6.07, 6.45) is 3.78. The van der Waals surface area contributed by atoms with E-state index in [-0.39, 0.29) is 0 Å². The normalized spacial score (nSPS) is 16.6. The third-order valence-electron chi connectivity index (χ3n) is 2.91. The van der Waals surface area contributed by atoms with E-state index in [1.165, 1.54) is 25.9 Å². The van der Waals surface area contributed by atoms with Gasteiger partial charge in [-0.25, -0.2) is 0 Å². The maximum absolute atomic E-state index is 5.99. The van der Waals surface area contributed by atoms with Crippen molar-refractivity contribution in [2.24, 2.45) is 0 Å². The van der Waals surface area contributed by atoms with Gasteiger partial charge in [-0.1, -0.05) is 23.7 Å². The molecule has 0 saturated carbocycles. The third-order valence-corrected chi connectivity index (χ3v) is 3.22. The van der Waals surface area contributed by atoms with Crippen molar-refractivity contribution in [3.63, 3.8) is 0 Å². The summed E-state index contributed by atoms with van der Waals surface area (Å²) < 4.78 is 5.64. The quantitative estimate of drug-likeness (QED) is 0.732. The molecule has 0 N–H and O–H groups in total. The first-order valence-electron chi connectivity index (χ1n) is 5.96. The predicted molar refractivity (Wildman–Crippen MR) is 67.2 cm³/mol. The molecule has 0 atom stereocenters. The molecule has 2 rings (SSSR count). The van der Waals surface area contributed by atoms with Crippen LogP contribution in [0.15, 0.2) is 24.3 Å². The van der Waals surface area contributed by atoms with Gasteiger partial charge in [-0.05, 0) is 44.5 Å². The number of hydrogen-bond acceptors (Lipinski definition) is 2. The van der Waals surface area contributed by atoms with Gasteiger partial charge >= 0.3 is 0 Å². The number of hydrogen-bond donors (Lipinski definition) is 0. The van der Waals surface area contributed by atoms with Gasteiger partial charge in [0.2, 0.25) is 0 Å². The van der Waals surface area contributed by atoms with E-state index in [4.69, 9.17) is 16.3 Å². The average Bonchev–Trinajstić information content (AvgIpc) is 2.79. The van der Waals surface area contributed by atoms with E-state index in [2.05, 4.69) is 4.90 Å². The van der Waals surface area contributed by atoms with Gasteiger partial charge in [0.05, 0.1) is 11.6 Å². The molecule has 1 aliphatic rings. The van der Waals surface area contributed by atoms with Crippen LogP contribution in [0.5, 0.6) is 5.75 Å². The zero-order chi connectivity index (χ0) is 11.2.